The predicted octanol–water partition coefficient (Wildman–Crippen LogP) is 6.71. The average Bonchev–Trinajstić information content (AvgIpc) is 3.07. The number of rotatable bonds is 2. The lowest BCUT2D eigenvalue weighted by Gasteiger charge is -2.07. The zero-order valence-electron chi connectivity index (χ0n) is 14.6. The van der Waals surface area contributed by atoms with Gasteiger partial charge in [-0.1, -0.05) is 30.3 Å². The number of hydrogen-bond donors (Lipinski definition) is 0. The van der Waals surface area contributed by atoms with Gasteiger partial charge in [0.25, 0.3) is 0 Å². The minimum Gasteiger partial charge on any atom is -0.299 e. The molecule has 2 aromatic heterocycles. The van der Waals surface area contributed by atoms with E-state index in [0.29, 0.717) is 28.2 Å². The van der Waals surface area contributed by atoms with Crippen LogP contribution in [0.25, 0.3) is 28.2 Å². The number of hydrogen-bond acceptors (Lipinski definition) is 1. The molecule has 0 unspecified atom stereocenters. The smallest absolute Gasteiger partial charge is 0.299 e. The third-order valence-corrected chi connectivity index (χ3v) is 4.50. The molecule has 0 radical (unpaired) electrons. The second kappa shape index (κ2) is 6.65. The number of aromatic nitrogens is 2. The molecule has 0 fully saturated rings. The van der Waals surface area contributed by atoms with Gasteiger partial charge in [0.05, 0.1) is 22.3 Å². The quantitative estimate of drug-likeness (QED) is 0.339. The van der Waals surface area contributed by atoms with Crippen molar-refractivity contribution in [2.75, 3.05) is 0 Å². The fourth-order valence-corrected chi connectivity index (χ4v) is 3.08. The largest absolute Gasteiger partial charge is 0.416 e. The Morgan fingerprint density at radius 1 is 0.621 bits per heavy atom. The SMILES string of the molecule is FC(F)(F)c1ccc(-c2nc(-c3ccc(C(F)(F)F)cc3)n3ccccc23)cc1. The Bertz CT molecular complexity index is 1060. The molecule has 0 amide bonds. The first-order chi connectivity index (χ1) is 13.6. The molecule has 0 saturated carbocycles. The summed E-state index contributed by atoms with van der Waals surface area (Å²) in [6.07, 6.45) is -7.19. The van der Waals surface area contributed by atoms with E-state index in [1.165, 1.54) is 24.3 Å². The van der Waals surface area contributed by atoms with Crippen LogP contribution < -0.4 is 0 Å². The molecular formula is C21H12F6N2. The topological polar surface area (TPSA) is 17.3 Å². The highest BCUT2D eigenvalue weighted by molar-refractivity contribution is 5.81. The lowest BCUT2D eigenvalue weighted by Crippen LogP contribution is -2.04. The predicted molar refractivity (Wildman–Crippen MR) is 96.1 cm³/mol. The van der Waals surface area contributed by atoms with Crippen molar-refractivity contribution in [3.05, 3.63) is 84.1 Å². The normalized spacial score (nSPS) is 12.5. The van der Waals surface area contributed by atoms with Gasteiger partial charge in [0, 0.05) is 17.3 Å². The number of pyridine rings is 1. The first kappa shape index (κ1) is 19.0. The second-order valence-corrected chi connectivity index (χ2v) is 6.39. The Morgan fingerprint density at radius 3 is 1.66 bits per heavy atom. The molecule has 0 aliphatic carbocycles. The van der Waals surface area contributed by atoms with Gasteiger partial charge >= 0.3 is 12.4 Å². The van der Waals surface area contributed by atoms with Gasteiger partial charge in [0.2, 0.25) is 0 Å². The zero-order valence-corrected chi connectivity index (χ0v) is 14.6. The molecule has 0 spiro atoms. The molecule has 2 heterocycles. The van der Waals surface area contributed by atoms with Crippen LogP contribution in [-0.4, -0.2) is 9.38 Å². The molecule has 0 saturated heterocycles. The highest BCUT2D eigenvalue weighted by atomic mass is 19.4. The maximum absolute atomic E-state index is 12.8. The maximum atomic E-state index is 12.8. The van der Waals surface area contributed by atoms with E-state index < -0.39 is 23.5 Å². The van der Waals surface area contributed by atoms with Crippen molar-refractivity contribution in [2.45, 2.75) is 12.4 Å². The van der Waals surface area contributed by atoms with Crippen molar-refractivity contribution < 1.29 is 26.3 Å². The molecule has 29 heavy (non-hydrogen) atoms. The third kappa shape index (κ3) is 3.57. The molecule has 0 atom stereocenters. The fourth-order valence-electron chi connectivity index (χ4n) is 3.08. The summed E-state index contributed by atoms with van der Waals surface area (Å²) in [6.45, 7) is 0. The standard InChI is InChI=1S/C21H12F6N2/c22-20(23,24)15-8-4-13(5-9-15)18-17-3-1-2-12-29(17)19(28-18)14-6-10-16(11-7-14)21(25,26)27/h1-12H. The van der Waals surface area contributed by atoms with Gasteiger partial charge in [-0.2, -0.15) is 26.3 Å². The maximum Gasteiger partial charge on any atom is 0.416 e. The molecular weight excluding hydrogens is 394 g/mol. The van der Waals surface area contributed by atoms with Crippen LogP contribution in [0.3, 0.4) is 0 Å². The van der Waals surface area contributed by atoms with E-state index in [1.54, 1.807) is 28.8 Å². The highest BCUT2D eigenvalue weighted by Gasteiger charge is 2.31. The van der Waals surface area contributed by atoms with Gasteiger partial charge in [-0.15, -0.1) is 0 Å². The van der Waals surface area contributed by atoms with E-state index in [-0.39, 0.29) is 0 Å². The number of alkyl halides is 6. The molecule has 2 nitrogen and oxygen atoms in total. The van der Waals surface area contributed by atoms with Crippen molar-refractivity contribution in [1.29, 1.82) is 0 Å². The molecule has 2 aromatic carbocycles. The lowest BCUT2D eigenvalue weighted by atomic mass is 10.1. The Labute approximate surface area is 161 Å². The van der Waals surface area contributed by atoms with Crippen molar-refractivity contribution in [1.82, 2.24) is 9.38 Å². The summed E-state index contributed by atoms with van der Waals surface area (Å²) >= 11 is 0. The molecule has 0 aliphatic rings. The third-order valence-electron chi connectivity index (χ3n) is 4.50. The molecule has 8 heteroatoms. The van der Waals surface area contributed by atoms with Gasteiger partial charge in [-0.05, 0) is 36.4 Å². The van der Waals surface area contributed by atoms with Crippen LogP contribution in [0.1, 0.15) is 11.1 Å². The Hall–Kier alpha value is -3.29. The van der Waals surface area contributed by atoms with E-state index in [1.807, 2.05) is 0 Å². The van der Waals surface area contributed by atoms with Crippen LogP contribution in [0.2, 0.25) is 0 Å². The minimum absolute atomic E-state index is 0.393. The van der Waals surface area contributed by atoms with Gasteiger partial charge in [0.1, 0.15) is 5.82 Å². The van der Waals surface area contributed by atoms with Gasteiger partial charge in [-0.25, -0.2) is 4.98 Å². The summed E-state index contributed by atoms with van der Waals surface area (Å²) in [6, 6.07) is 14.4. The number of benzene rings is 2. The monoisotopic (exact) mass is 406 g/mol. The van der Waals surface area contributed by atoms with E-state index >= 15 is 0 Å². The summed E-state index contributed by atoms with van der Waals surface area (Å²) in [5.74, 6) is 0.393. The molecule has 4 aromatic rings. The fraction of sp³-hybridized carbons (Fsp3) is 0.0952. The van der Waals surface area contributed by atoms with Gasteiger partial charge in [0.15, 0.2) is 0 Å². The van der Waals surface area contributed by atoms with Gasteiger partial charge in [-0.3, -0.25) is 4.40 Å². The van der Waals surface area contributed by atoms with Crippen LogP contribution in [0, 0.1) is 0 Å². The second-order valence-electron chi connectivity index (χ2n) is 6.39. The van der Waals surface area contributed by atoms with Crippen LogP contribution in [-0.2, 0) is 12.4 Å². The number of halogens is 6. The van der Waals surface area contributed by atoms with E-state index in [2.05, 4.69) is 4.98 Å². The Kier molecular flexibility index (Phi) is 4.37. The summed E-state index contributed by atoms with van der Waals surface area (Å²) in [7, 11) is 0. The van der Waals surface area contributed by atoms with E-state index in [9.17, 15) is 26.3 Å². The van der Waals surface area contributed by atoms with Crippen molar-refractivity contribution in [3.8, 4) is 22.6 Å². The number of imidazole rings is 1. The van der Waals surface area contributed by atoms with Gasteiger partial charge < -0.3 is 0 Å². The van der Waals surface area contributed by atoms with Crippen LogP contribution in [0.5, 0.6) is 0 Å². The molecule has 4 rings (SSSR count). The summed E-state index contributed by atoms with van der Waals surface area (Å²) in [5, 5.41) is 0. The lowest BCUT2D eigenvalue weighted by molar-refractivity contribution is -0.138. The zero-order chi connectivity index (χ0) is 20.8. The van der Waals surface area contributed by atoms with Crippen molar-refractivity contribution >= 4 is 5.52 Å². The first-order valence-electron chi connectivity index (χ1n) is 8.47. The molecule has 0 aliphatic heterocycles. The van der Waals surface area contributed by atoms with E-state index in [0.717, 1.165) is 24.3 Å². The molecule has 0 N–H and O–H groups in total. The average molecular weight is 406 g/mol. The van der Waals surface area contributed by atoms with Crippen molar-refractivity contribution in [3.63, 3.8) is 0 Å². The van der Waals surface area contributed by atoms with E-state index in [4.69, 9.17) is 0 Å². The van der Waals surface area contributed by atoms with Crippen LogP contribution in [0.15, 0.2) is 72.9 Å². The number of nitrogens with zero attached hydrogens (tertiary/aromatic N) is 2. The summed E-state index contributed by atoms with van der Waals surface area (Å²) in [5.41, 5.74) is 0.450. The Morgan fingerprint density at radius 2 is 1.14 bits per heavy atom. The molecule has 148 valence electrons. The molecule has 0 bridgehead atoms. The van der Waals surface area contributed by atoms with Crippen LogP contribution in [0.4, 0.5) is 26.3 Å². The summed E-state index contributed by atoms with van der Waals surface area (Å²) in [4.78, 5) is 4.51. The Balaban J connectivity index is 1.82. The highest BCUT2D eigenvalue weighted by Crippen LogP contribution is 2.35. The minimum atomic E-state index is -4.45. The number of fused-ring (bicyclic) bond motifs is 1. The van der Waals surface area contributed by atoms with Crippen LogP contribution >= 0.6 is 0 Å². The van der Waals surface area contributed by atoms with Crippen molar-refractivity contribution in [2.24, 2.45) is 0 Å². The first-order valence-corrected chi connectivity index (χ1v) is 8.47. The summed E-state index contributed by atoms with van der Waals surface area (Å²) < 4.78 is 78.6.